The first-order valence-corrected chi connectivity index (χ1v) is 6.72. The van der Waals surface area contributed by atoms with Gasteiger partial charge in [0.2, 0.25) is 0 Å². The van der Waals surface area contributed by atoms with Crippen LogP contribution in [0.5, 0.6) is 0 Å². The molecule has 0 unspecified atom stereocenters. The van der Waals surface area contributed by atoms with Gasteiger partial charge < -0.3 is 15.1 Å². The van der Waals surface area contributed by atoms with Crippen molar-refractivity contribution in [1.82, 2.24) is 9.97 Å². The predicted molar refractivity (Wildman–Crippen MR) is 83.8 cm³/mol. The first-order valence-electron chi connectivity index (χ1n) is 6.72. The number of anilines is 2. The van der Waals surface area contributed by atoms with Crippen molar-refractivity contribution in [2.75, 3.05) is 24.5 Å². The van der Waals surface area contributed by atoms with Gasteiger partial charge in [-0.2, -0.15) is 0 Å². The molecule has 0 saturated heterocycles. The molecule has 0 amide bonds. The fraction of sp³-hybridized carbons (Fsp3) is 0.333. The number of nitrogens with two attached hydrogens (primary N) is 1. The van der Waals surface area contributed by atoms with E-state index in [9.17, 15) is 0 Å². The minimum absolute atomic E-state index is 0.348. The number of hydrogen-bond acceptors (Lipinski definition) is 6. The Balaban J connectivity index is 2.21. The molecular formula is C15H21N5O. The first kappa shape index (κ1) is 15.2. The van der Waals surface area contributed by atoms with Gasteiger partial charge >= 0.3 is 0 Å². The molecule has 21 heavy (non-hydrogen) atoms. The molecule has 0 aliphatic rings. The van der Waals surface area contributed by atoms with Gasteiger partial charge in [0.1, 0.15) is 18.2 Å². The maximum Gasteiger partial charge on any atom is 0.158 e. The maximum absolute atomic E-state index is 5.46. The van der Waals surface area contributed by atoms with Crippen LogP contribution in [0.4, 0.5) is 11.6 Å². The van der Waals surface area contributed by atoms with Crippen LogP contribution < -0.4 is 16.2 Å². The zero-order valence-corrected chi connectivity index (χ0v) is 12.6. The molecule has 0 spiro atoms. The fourth-order valence-corrected chi connectivity index (χ4v) is 2.11. The second-order valence-electron chi connectivity index (χ2n) is 4.95. The van der Waals surface area contributed by atoms with Gasteiger partial charge in [0.05, 0.1) is 0 Å². The molecule has 1 heterocycles. The number of aromatic nitrogens is 2. The van der Waals surface area contributed by atoms with E-state index in [0.717, 1.165) is 12.4 Å². The molecule has 6 nitrogen and oxygen atoms in total. The van der Waals surface area contributed by atoms with Crippen LogP contribution >= 0.6 is 0 Å². The number of nitrogens with one attached hydrogen (secondary N) is 1. The van der Waals surface area contributed by atoms with Crippen LogP contribution in [-0.4, -0.2) is 24.1 Å². The third kappa shape index (κ3) is 4.14. The van der Waals surface area contributed by atoms with E-state index in [1.54, 1.807) is 7.11 Å². The van der Waals surface area contributed by atoms with Gasteiger partial charge in [-0.3, -0.25) is 0 Å². The average Bonchev–Trinajstić information content (AvgIpc) is 2.47. The summed E-state index contributed by atoms with van der Waals surface area (Å²) < 4.78 is 5.08. The number of rotatable bonds is 6. The minimum Gasteiger partial charge on any atom is -0.377 e. The number of hydrogen-bond donors (Lipinski definition) is 2. The normalized spacial score (nSPS) is 10.5. The summed E-state index contributed by atoms with van der Waals surface area (Å²) in [6.45, 7) is 3.19. The predicted octanol–water partition coefficient (Wildman–Crippen LogP) is 1.85. The SMILES string of the molecule is COCc1nc(NN)cc(N(C)Cc2cccc(C)c2)n1. The molecule has 0 saturated carbocycles. The summed E-state index contributed by atoms with van der Waals surface area (Å²) in [5.74, 6) is 7.42. The van der Waals surface area contributed by atoms with Crippen molar-refractivity contribution in [2.45, 2.75) is 20.1 Å². The Kier molecular flexibility index (Phi) is 5.08. The van der Waals surface area contributed by atoms with Gasteiger partial charge in [-0.15, -0.1) is 0 Å². The Bertz CT molecular complexity index is 602. The van der Waals surface area contributed by atoms with Gasteiger partial charge in [-0.05, 0) is 12.5 Å². The van der Waals surface area contributed by atoms with Crippen LogP contribution in [0.1, 0.15) is 17.0 Å². The molecule has 1 aromatic heterocycles. The Morgan fingerprint density at radius 1 is 1.29 bits per heavy atom. The van der Waals surface area contributed by atoms with Crippen molar-refractivity contribution < 1.29 is 4.74 Å². The minimum atomic E-state index is 0.348. The highest BCUT2D eigenvalue weighted by molar-refractivity contribution is 5.48. The maximum atomic E-state index is 5.46. The topological polar surface area (TPSA) is 76.3 Å². The number of benzene rings is 1. The lowest BCUT2D eigenvalue weighted by atomic mass is 10.1. The van der Waals surface area contributed by atoms with E-state index in [4.69, 9.17) is 10.6 Å². The molecule has 112 valence electrons. The molecule has 1 aromatic carbocycles. The van der Waals surface area contributed by atoms with Crippen LogP contribution in [0.2, 0.25) is 0 Å². The van der Waals surface area contributed by atoms with E-state index >= 15 is 0 Å². The molecule has 3 N–H and O–H groups in total. The summed E-state index contributed by atoms with van der Waals surface area (Å²) in [7, 11) is 3.60. The van der Waals surface area contributed by atoms with E-state index in [1.165, 1.54) is 11.1 Å². The van der Waals surface area contributed by atoms with E-state index in [-0.39, 0.29) is 0 Å². The third-order valence-corrected chi connectivity index (χ3v) is 3.07. The highest BCUT2D eigenvalue weighted by Gasteiger charge is 2.09. The van der Waals surface area contributed by atoms with Gasteiger partial charge in [-0.25, -0.2) is 15.8 Å². The molecule has 0 atom stereocenters. The summed E-state index contributed by atoms with van der Waals surface area (Å²) >= 11 is 0. The first-order chi connectivity index (χ1) is 10.1. The highest BCUT2D eigenvalue weighted by Crippen LogP contribution is 2.17. The van der Waals surface area contributed by atoms with Crippen molar-refractivity contribution in [3.05, 3.63) is 47.3 Å². The largest absolute Gasteiger partial charge is 0.377 e. The molecule has 2 aromatic rings. The monoisotopic (exact) mass is 287 g/mol. The lowest BCUT2D eigenvalue weighted by Gasteiger charge is -2.19. The Hall–Kier alpha value is -2.18. The number of nitrogen functional groups attached to an aromatic ring is 1. The van der Waals surface area contributed by atoms with Crippen LogP contribution in [0.3, 0.4) is 0 Å². The van der Waals surface area contributed by atoms with Crippen molar-refractivity contribution in [3.8, 4) is 0 Å². The van der Waals surface area contributed by atoms with E-state index in [1.807, 2.05) is 13.1 Å². The standard InChI is InChI=1S/C15H21N5O/c1-11-5-4-6-12(7-11)9-20(2)15-8-13(19-16)17-14(18-15)10-21-3/h4-8H,9-10,16H2,1-3H3,(H,17,18,19). The second-order valence-corrected chi connectivity index (χ2v) is 4.95. The molecule has 0 fully saturated rings. The molecular weight excluding hydrogens is 266 g/mol. The summed E-state index contributed by atoms with van der Waals surface area (Å²) in [6.07, 6.45) is 0. The van der Waals surface area contributed by atoms with E-state index < -0.39 is 0 Å². The smallest absolute Gasteiger partial charge is 0.158 e. The van der Waals surface area contributed by atoms with Crippen molar-refractivity contribution in [2.24, 2.45) is 5.84 Å². The van der Waals surface area contributed by atoms with Gasteiger partial charge in [0.25, 0.3) is 0 Å². The lowest BCUT2D eigenvalue weighted by Crippen LogP contribution is -2.20. The zero-order chi connectivity index (χ0) is 15.2. The second kappa shape index (κ2) is 7.01. The summed E-state index contributed by atoms with van der Waals surface area (Å²) in [4.78, 5) is 10.8. The van der Waals surface area contributed by atoms with Crippen molar-refractivity contribution in [3.63, 3.8) is 0 Å². The van der Waals surface area contributed by atoms with Gasteiger partial charge in [0.15, 0.2) is 5.82 Å². The average molecular weight is 287 g/mol. The van der Waals surface area contributed by atoms with Gasteiger partial charge in [-0.1, -0.05) is 29.8 Å². The molecule has 2 rings (SSSR count). The van der Waals surface area contributed by atoms with Crippen molar-refractivity contribution in [1.29, 1.82) is 0 Å². The van der Waals surface area contributed by atoms with Crippen LogP contribution in [0, 0.1) is 6.92 Å². The number of ether oxygens (including phenoxy) is 1. The third-order valence-electron chi connectivity index (χ3n) is 3.07. The van der Waals surface area contributed by atoms with Crippen molar-refractivity contribution >= 4 is 11.6 Å². The number of nitrogens with zero attached hydrogens (tertiary/aromatic N) is 3. The number of hydrazine groups is 1. The number of aryl methyl sites for hydroxylation is 1. The van der Waals surface area contributed by atoms with Gasteiger partial charge in [0, 0.05) is 26.8 Å². The molecule has 6 heteroatoms. The zero-order valence-electron chi connectivity index (χ0n) is 12.6. The molecule has 0 aliphatic heterocycles. The summed E-state index contributed by atoms with van der Waals surface area (Å²) in [6, 6.07) is 10.2. The number of methoxy groups -OCH3 is 1. The van der Waals surface area contributed by atoms with Crippen LogP contribution in [0.15, 0.2) is 30.3 Å². The van der Waals surface area contributed by atoms with E-state index in [0.29, 0.717) is 18.2 Å². The highest BCUT2D eigenvalue weighted by atomic mass is 16.5. The Morgan fingerprint density at radius 2 is 2.10 bits per heavy atom. The quantitative estimate of drug-likeness (QED) is 0.624. The van der Waals surface area contributed by atoms with Crippen LogP contribution in [-0.2, 0) is 17.9 Å². The lowest BCUT2D eigenvalue weighted by molar-refractivity contribution is 0.178. The summed E-state index contributed by atoms with van der Waals surface area (Å²) in [5, 5.41) is 0. The molecule has 0 aliphatic carbocycles. The molecule has 0 bridgehead atoms. The van der Waals surface area contributed by atoms with Crippen LogP contribution in [0.25, 0.3) is 0 Å². The fourth-order valence-electron chi connectivity index (χ4n) is 2.11. The Labute approximate surface area is 124 Å². The summed E-state index contributed by atoms with van der Waals surface area (Å²) in [5.41, 5.74) is 5.03. The Morgan fingerprint density at radius 3 is 2.76 bits per heavy atom. The molecule has 0 radical (unpaired) electrons. The van der Waals surface area contributed by atoms with E-state index in [2.05, 4.69) is 51.5 Å².